The van der Waals surface area contributed by atoms with Gasteiger partial charge in [-0.2, -0.15) is 5.01 Å². The van der Waals surface area contributed by atoms with E-state index >= 15 is 0 Å². The molecule has 0 radical (unpaired) electrons. The summed E-state index contributed by atoms with van der Waals surface area (Å²) >= 11 is 0. The summed E-state index contributed by atoms with van der Waals surface area (Å²) in [6, 6.07) is -0.499. The zero-order valence-corrected chi connectivity index (χ0v) is 14.3. The molecular weight excluding hydrogens is 306 g/mol. The number of hydrogen-bond acceptors (Lipinski definition) is 6. The lowest BCUT2D eigenvalue weighted by atomic mass is 10.0. The number of alkyl carbamates (subject to hydrolysis) is 1. The molecule has 1 aliphatic heterocycles. The third-order valence-corrected chi connectivity index (χ3v) is 2.88. The SMILES string of the molecule is CC(C)OC(=O)NN(C(=O)OC(C)C)C1OC(=O)NC1C(C)C. The minimum absolute atomic E-state index is 0.0382. The Morgan fingerprint density at radius 3 is 2.17 bits per heavy atom. The molecule has 0 spiro atoms. The molecule has 0 aliphatic carbocycles. The van der Waals surface area contributed by atoms with Crippen LogP contribution < -0.4 is 10.7 Å². The van der Waals surface area contributed by atoms with Crippen molar-refractivity contribution in [3.8, 4) is 0 Å². The molecule has 0 bridgehead atoms. The third kappa shape index (κ3) is 5.50. The molecule has 0 aromatic rings. The van der Waals surface area contributed by atoms with E-state index in [-0.39, 0.29) is 12.0 Å². The van der Waals surface area contributed by atoms with Gasteiger partial charge in [-0.1, -0.05) is 13.8 Å². The van der Waals surface area contributed by atoms with Crippen molar-refractivity contribution in [1.82, 2.24) is 15.8 Å². The molecule has 9 nitrogen and oxygen atoms in total. The molecule has 0 saturated carbocycles. The number of cyclic esters (lactones) is 1. The summed E-state index contributed by atoms with van der Waals surface area (Å²) in [4.78, 5) is 35.6. The largest absolute Gasteiger partial charge is 0.446 e. The molecule has 0 aromatic carbocycles. The predicted molar refractivity (Wildman–Crippen MR) is 80.2 cm³/mol. The van der Waals surface area contributed by atoms with Crippen LogP contribution in [-0.4, -0.2) is 47.8 Å². The summed E-state index contributed by atoms with van der Waals surface area (Å²) in [7, 11) is 0. The number of nitrogens with one attached hydrogen (secondary N) is 2. The second kappa shape index (κ2) is 7.89. The maximum Gasteiger partial charge on any atom is 0.432 e. The number of hydrazine groups is 1. The van der Waals surface area contributed by atoms with Crippen LogP contribution in [0.1, 0.15) is 41.5 Å². The first kappa shape index (κ1) is 18.9. The van der Waals surface area contributed by atoms with E-state index in [2.05, 4.69) is 10.7 Å². The molecule has 23 heavy (non-hydrogen) atoms. The minimum atomic E-state index is -1.03. The maximum absolute atomic E-state index is 12.3. The molecule has 1 rings (SSSR count). The first-order valence-electron chi connectivity index (χ1n) is 7.56. The van der Waals surface area contributed by atoms with E-state index in [1.165, 1.54) is 0 Å². The summed E-state index contributed by atoms with van der Waals surface area (Å²) < 4.78 is 15.2. The second-order valence-corrected chi connectivity index (χ2v) is 6.08. The van der Waals surface area contributed by atoms with Crippen LogP contribution in [0.25, 0.3) is 0 Å². The van der Waals surface area contributed by atoms with Gasteiger partial charge in [-0.3, -0.25) is 0 Å². The van der Waals surface area contributed by atoms with Crippen LogP contribution in [-0.2, 0) is 14.2 Å². The topological polar surface area (TPSA) is 106 Å². The lowest BCUT2D eigenvalue weighted by molar-refractivity contribution is -0.0392. The highest BCUT2D eigenvalue weighted by Crippen LogP contribution is 2.20. The van der Waals surface area contributed by atoms with E-state index in [1.54, 1.807) is 27.7 Å². The monoisotopic (exact) mass is 331 g/mol. The Hall–Kier alpha value is -2.19. The Labute approximate surface area is 135 Å². The third-order valence-electron chi connectivity index (χ3n) is 2.88. The van der Waals surface area contributed by atoms with E-state index < -0.39 is 36.7 Å². The van der Waals surface area contributed by atoms with Gasteiger partial charge < -0.3 is 19.5 Å². The molecule has 1 aliphatic rings. The van der Waals surface area contributed by atoms with Crippen molar-refractivity contribution >= 4 is 18.3 Å². The van der Waals surface area contributed by atoms with Crippen molar-refractivity contribution in [1.29, 1.82) is 0 Å². The van der Waals surface area contributed by atoms with E-state index in [0.717, 1.165) is 5.01 Å². The summed E-state index contributed by atoms with van der Waals surface area (Å²) in [5.41, 5.74) is 2.28. The normalized spacial score (nSPS) is 20.3. The van der Waals surface area contributed by atoms with Gasteiger partial charge in [0, 0.05) is 0 Å². The van der Waals surface area contributed by atoms with Gasteiger partial charge in [0.25, 0.3) is 0 Å². The maximum atomic E-state index is 12.3. The molecule has 9 heteroatoms. The fourth-order valence-electron chi connectivity index (χ4n) is 1.94. The smallest absolute Gasteiger partial charge is 0.432 e. The zero-order valence-electron chi connectivity index (χ0n) is 14.3. The summed E-state index contributed by atoms with van der Waals surface area (Å²) in [5, 5.41) is 3.44. The van der Waals surface area contributed by atoms with Crippen molar-refractivity contribution in [2.75, 3.05) is 0 Å². The van der Waals surface area contributed by atoms with Gasteiger partial charge in [-0.25, -0.2) is 19.8 Å². The highest BCUT2D eigenvalue weighted by Gasteiger charge is 2.44. The van der Waals surface area contributed by atoms with Gasteiger partial charge >= 0.3 is 18.3 Å². The van der Waals surface area contributed by atoms with E-state index in [1.807, 2.05) is 13.8 Å². The molecule has 2 unspecified atom stereocenters. The number of hydrogen-bond donors (Lipinski definition) is 2. The van der Waals surface area contributed by atoms with E-state index in [4.69, 9.17) is 14.2 Å². The van der Waals surface area contributed by atoms with Crippen molar-refractivity contribution in [2.45, 2.75) is 66.0 Å². The van der Waals surface area contributed by atoms with Gasteiger partial charge in [0.1, 0.15) is 0 Å². The van der Waals surface area contributed by atoms with Gasteiger partial charge in [0.15, 0.2) is 0 Å². The quantitative estimate of drug-likeness (QED) is 0.602. The van der Waals surface area contributed by atoms with Crippen LogP contribution in [0.4, 0.5) is 14.4 Å². The second-order valence-electron chi connectivity index (χ2n) is 6.08. The van der Waals surface area contributed by atoms with Crippen molar-refractivity contribution < 1.29 is 28.6 Å². The molecule has 2 atom stereocenters. The molecule has 1 saturated heterocycles. The highest BCUT2D eigenvalue weighted by atomic mass is 16.6. The van der Waals surface area contributed by atoms with E-state index in [9.17, 15) is 14.4 Å². The Bertz CT molecular complexity index is 452. The number of carbonyl (C=O) groups is 3. The molecule has 2 N–H and O–H groups in total. The van der Waals surface area contributed by atoms with Crippen molar-refractivity contribution in [3.63, 3.8) is 0 Å². The summed E-state index contributed by atoms with van der Waals surface area (Å²) in [5.74, 6) is -0.0382. The van der Waals surface area contributed by atoms with E-state index in [0.29, 0.717) is 0 Å². The molecule has 0 aromatic heterocycles. The predicted octanol–water partition coefficient (Wildman–Crippen LogP) is 1.97. The zero-order chi connectivity index (χ0) is 17.7. The average Bonchev–Trinajstić information content (AvgIpc) is 2.76. The first-order valence-corrected chi connectivity index (χ1v) is 7.56. The van der Waals surface area contributed by atoms with Crippen LogP contribution >= 0.6 is 0 Å². The Kier molecular flexibility index (Phi) is 6.47. The highest BCUT2D eigenvalue weighted by molar-refractivity contribution is 5.76. The number of amides is 3. The Balaban J connectivity index is 2.95. The van der Waals surface area contributed by atoms with Gasteiger partial charge in [0.05, 0.1) is 18.2 Å². The molecule has 3 amide bonds. The standard InChI is InChI=1S/C14H25N3O6/c1-7(2)10-11(23-12(18)15-10)17(14(20)22-9(5)6)16-13(19)21-8(3)4/h7-11H,1-6H3,(H,15,18)(H,16,19). The number of rotatable bonds is 4. The van der Waals surface area contributed by atoms with Crippen molar-refractivity contribution in [3.05, 3.63) is 0 Å². The summed E-state index contributed by atoms with van der Waals surface area (Å²) in [6.07, 6.45) is -4.17. The van der Waals surface area contributed by atoms with Gasteiger partial charge in [-0.15, -0.1) is 0 Å². The fourth-order valence-corrected chi connectivity index (χ4v) is 1.94. The minimum Gasteiger partial charge on any atom is -0.446 e. The molecule has 1 heterocycles. The lowest BCUT2D eigenvalue weighted by Gasteiger charge is -2.31. The molecular formula is C14H25N3O6. The van der Waals surface area contributed by atoms with Crippen LogP contribution in [0, 0.1) is 5.92 Å². The lowest BCUT2D eigenvalue weighted by Crippen LogP contribution is -2.58. The van der Waals surface area contributed by atoms with Crippen LogP contribution in [0.5, 0.6) is 0 Å². The number of ether oxygens (including phenoxy) is 3. The average molecular weight is 331 g/mol. The van der Waals surface area contributed by atoms with Gasteiger partial charge in [0.2, 0.25) is 6.23 Å². The van der Waals surface area contributed by atoms with Gasteiger partial charge in [-0.05, 0) is 33.6 Å². The molecule has 1 fully saturated rings. The fraction of sp³-hybridized carbons (Fsp3) is 0.786. The van der Waals surface area contributed by atoms with Crippen LogP contribution in [0.2, 0.25) is 0 Å². The number of nitrogens with zero attached hydrogens (tertiary/aromatic N) is 1. The Morgan fingerprint density at radius 2 is 1.70 bits per heavy atom. The van der Waals surface area contributed by atoms with Crippen molar-refractivity contribution in [2.24, 2.45) is 5.92 Å². The Morgan fingerprint density at radius 1 is 1.13 bits per heavy atom. The van der Waals surface area contributed by atoms with Crippen LogP contribution in [0.3, 0.4) is 0 Å². The first-order chi connectivity index (χ1) is 10.6. The van der Waals surface area contributed by atoms with Crippen LogP contribution in [0.15, 0.2) is 0 Å². The molecule has 132 valence electrons. The number of carbonyl (C=O) groups excluding carboxylic acids is 3. The summed E-state index contributed by atoms with van der Waals surface area (Å²) in [6.45, 7) is 10.4.